The predicted molar refractivity (Wildman–Crippen MR) is 147 cm³/mol. The molecule has 0 aromatic heterocycles. The molecule has 0 radical (unpaired) electrons. The Hall–Kier alpha value is -4.17. The Kier molecular flexibility index (Phi) is 4.38. The van der Waals surface area contributed by atoms with Crippen LogP contribution in [0.4, 0.5) is 11.4 Å². The zero-order valence-corrected chi connectivity index (χ0v) is 18.7. The molecular weight excluding hydrogens is 410 g/mol. The second-order valence-electron chi connectivity index (χ2n) is 9.09. The number of anilines is 2. The maximum atomic E-state index is 3.86. The fourth-order valence-corrected chi connectivity index (χ4v) is 5.56. The smallest absolute Gasteiger partial charge is 0.321 e. The summed E-state index contributed by atoms with van der Waals surface area (Å²) in [4.78, 5) is 0. The van der Waals surface area contributed by atoms with E-state index < -0.39 is 0 Å². The largest absolute Gasteiger partial charge is 0.420 e. The average molecular weight is 432 g/mol. The summed E-state index contributed by atoms with van der Waals surface area (Å²) in [6, 6.07) is 43.7. The van der Waals surface area contributed by atoms with Gasteiger partial charge >= 0.3 is 13.7 Å². The van der Waals surface area contributed by atoms with Gasteiger partial charge in [0.1, 0.15) is 0 Å². The highest BCUT2D eigenvalue weighted by atomic mass is 14.8. The molecule has 0 aliphatic carbocycles. The highest BCUT2D eigenvalue weighted by Crippen LogP contribution is 2.41. The van der Waals surface area contributed by atoms with Gasteiger partial charge < -0.3 is 10.5 Å². The number of benzene rings is 5. The topological polar surface area (TPSA) is 24.1 Å². The fraction of sp³-hybridized carbons (Fsp3) is 0. The first-order chi connectivity index (χ1) is 16.9. The average Bonchev–Trinajstić information content (AvgIpc) is 2.92. The molecule has 0 bridgehead atoms. The van der Waals surface area contributed by atoms with Crippen LogP contribution >= 0.6 is 0 Å². The van der Waals surface area contributed by atoms with Crippen molar-refractivity contribution in [2.45, 2.75) is 0 Å². The van der Waals surface area contributed by atoms with Crippen molar-refractivity contribution in [2.24, 2.45) is 0 Å². The van der Waals surface area contributed by atoms with Crippen molar-refractivity contribution < 1.29 is 0 Å². The molecule has 34 heavy (non-hydrogen) atoms. The zero-order chi connectivity index (χ0) is 22.5. The van der Waals surface area contributed by atoms with E-state index in [-0.39, 0.29) is 13.7 Å². The van der Waals surface area contributed by atoms with E-state index in [9.17, 15) is 0 Å². The monoisotopic (exact) mass is 432 g/mol. The highest BCUT2D eigenvalue weighted by molar-refractivity contribution is 6.90. The zero-order valence-electron chi connectivity index (χ0n) is 18.7. The van der Waals surface area contributed by atoms with Crippen LogP contribution in [0.25, 0.3) is 22.3 Å². The van der Waals surface area contributed by atoms with Crippen molar-refractivity contribution in [3.8, 4) is 22.3 Å². The molecule has 0 fully saturated rings. The van der Waals surface area contributed by atoms with Gasteiger partial charge in [0.2, 0.25) is 0 Å². The van der Waals surface area contributed by atoms with Crippen LogP contribution in [-0.2, 0) is 0 Å². The molecule has 158 valence electrons. The Morgan fingerprint density at radius 2 is 0.794 bits per heavy atom. The van der Waals surface area contributed by atoms with E-state index in [0.717, 1.165) is 0 Å². The lowest BCUT2D eigenvalue weighted by Crippen LogP contribution is -2.53. The Bertz CT molecular complexity index is 1400. The van der Waals surface area contributed by atoms with E-state index in [1.165, 1.54) is 55.5 Å². The van der Waals surface area contributed by atoms with Gasteiger partial charge in [-0.2, -0.15) is 0 Å². The van der Waals surface area contributed by atoms with Crippen LogP contribution in [0.15, 0.2) is 121 Å². The molecule has 5 aromatic carbocycles. The first kappa shape index (κ1) is 19.3. The first-order valence-electron chi connectivity index (χ1n) is 11.9. The summed E-state index contributed by atoms with van der Waals surface area (Å²) < 4.78 is 0. The molecule has 0 saturated heterocycles. The van der Waals surface area contributed by atoms with Crippen molar-refractivity contribution in [3.63, 3.8) is 0 Å². The normalized spacial score (nSPS) is 13.1. The molecule has 0 atom stereocenters. The van der Waals surface area contributed by atoms with E-state index >= 15 is 0 Å². The van der Waals surface area contributed by atoms with Crippen molar-refractivity contribution in [2.75, 3.05) is 10.5 Å². The van der Waals surface area contributed by atoms with Crippen molar-refractivity contribution in [1.29, 1.82) is 0 Å². The van der Waals surface area contributed by atoms with Gasteiger partial charge in [-0.05, 0) is 34.2 Å². The molecular formula is C30H22B2N2. The third-order valence-corrected chi connectivity index (χ3v) is 7.15. The minimum Gasteiger partial charge on any atom is -0.420 e. The van der Waals surface area contributed by atoms with Gasteiger partial charge in [-0.15, -0.1) is 0 Å². The molecule has 2 heterocycles. The van der Waals surface area contributed by atoms with Gasteiger partial charge in [-0.25, -0.2) is 0 Å². The van der Waals surface area contributed by atoms with Crippen molar-refractivity contribution in [1.82, 2.24) is 0 Å². The quantitative estimate of drug-likeness (QED) is 0.411. The van der Waals surface area contributed by atoms with Gasteiger partial charge in [0.15, 0.2) is 0 Å². The molecule has 2 aliphatic heterocycles. The maximum Gasteiger partial charge on any atom is 0.321 e. The lowest BCUT2D eigenvalue weighted by Gasteiger charge is -2.33. The molecule has 4 heteroatoms. The van der Waals surface area contributed by atoms with Crippen LogP contribution in [0.3, 0.4) is 0 Å². The third-order valence-electron chi connectivity index (χ3n) is 7.15. The summed E-state index contributed by atoms with van der Waals surface area (Å²) in [5.41, 5.74) is 12.7. The molecule has 7 rings (SSSR count). The number of hydrogen-bond acceptors (Lipinski definition) is 2. The summed E-state index contributed by atoms with van der Waals surface area (Å²) in [6.07, 6.45) is 0. The first-order valence-corrected chi connectivity index (χ1v) is 11.9. The van der Waals surface area contributed by atoms with Crippen molar-refractivity contribution in [3.05, 3.63) is 121 Å². The molecule has 0 amide bonds. The lowest BCUT2D eigenvalue weighted by atomic mass is 9.47. The van der Waals surface area contributed by atoms with Gasteiger partial charge in [0.05, 0.1) is 0 Å². The standard InChI is InChI=1S/C30H22B2N2/c1-3-11-21(12-4-1)31-27-17-9-7-15-23(27)25-19-26-24-16-8-10-18-28(24)32(22-13-5-2-6-14-22)34-30(26)20-29(25)33-31/h1-20,33-34H. The van der Waals surface area contributed by atoms with E-state index in [1.54, 1.807) is 0 Å². The van der Waals surface area contributed by atoms with Crippen LogP contribution in [0.5, 0.6) is 0 Å². The molecule has 2 nitrogen and oxygen atoms in total. The Morgan fingerprint density at radius 3 is 1.26 bits per heavy atom. The number of fused-ring (bicyclic) bond motifs is 6. The van der Waals surface area contributed by atoms with E-state index in [0.29, 0.717) is 0 Å². The Balaban J connectivity index is 1.41. The van der Waals surface area contributed by atoms with E-state index in [1.807, 2.05) is 0 Å². The second-order valence-corrected chi connectivity index (χ2v) is 9.09. The molecule has 2 aliphatic rings. The number of nitrogens with one attached hydrogen (secondary N) is 2. The van der Waals surface area contributed by atoms with Crippen LogP contribution in [0.1, 0.15) is 0 Å². The van der Waals surface area contributed by atoms with Crippen LogP contribution in [-0.4, -0.2) is 13.7 Å². The van der Waals surface area contributed by atoms with Crippen LogP contribution in [0, 0.1) is 0 Å². The summed E-state index contributed by atoms with van der Waals surface area (Å²) in [5.74, 6) is 0. The summed E-state index contributed by atoms with van der Waals surface area (Å²) in [6.45, 7) is 0.257. The van der Waals surface area contributed by atoms with Crippen molar-refractivity contribution >= 4 is 46.9 Å². The maximum absolute atomic E-state index is 3.86. The highest BCUT2D eigenvalue weighted by Gasteiger charge is 2.33. The lowest BCUT2D eigenvalue weighted by molar-refractivity contribution is 1.53. The Morgan fingerprint density at radius 1 is 0.382 bits per heavy atom. The van der Waals surface area contributed by atoms with Gasteiger partial charge in [0.25, 0.3) is 0 Å². The summed E-state index contributed by atoms with van der Waals surface area (Å²) in [5, 5.41) is 7.72. The minimum atomic E-state index is 0.128. The predicted octanol–water partition coefficient (Wildman–Crippen LogP) is 4.08. The van der Waals surface area contributed by atoms with Crippen LogP contribution in [0.2, 0.25) is 0 Å². The molecule has 0 saturated carbocycles. The minimum absolute atomic E-state index is 0.128. The molecule has 0 spiro atoms. The van der Waals surface area contributed by atoms with Crippen LogP contribution < -0.4 is 32.3 Å². The molecule has 5 aromatic rings. The summed E-state index contributed by atoms with van der Waals surface area (Å²) >= 11 is 0. The van der Waals surface area contributed by atoms with E-state index in [2.05, 4.69) is 132 Å². The Labute approximate surface area is 200 Å². The second kappa shape index (κ2) is 7.71. The van der Waals surface area contributed by atoms with Gasteiger partial charge in [0, 0.05) is 22.5 Å². The van der Waals surface area contributed by atoms with Gasteiger partial charge in [-0.3, -0.25) is 0 Å². The van der Waals surface area contributed by atoms with E-state index in [4.69, 9.17) is 0 Å². The summed E-state index contributed by atoms with van der Waals surface area (Å²) in [7, 11) is 0. The number of hydrogen-bond donors (Lipinski definition) is 2. The fourth-order valence-electron chi connectivity index (χ4n) is 5.56. The number of rotatable bonds is 2. The van der Waals surface area contributed by atoms with Gasteiger partial charge in [-0.1, -0.05) is 120 Å². The molecule has 0 unspecified atom stereocenters. The molecule has 2 N–H and O–H groups in total. The third kappa shape index (κ3) is 2.99. The SMILES string of the molecule is c1ccc(B2Nc3cc4c(cc3-c3ccccc32)-c2ccccc2B(c2ccccc2)N4)cc1.